The van der Waals surface area contributed by atoms with Crippen LogP contribution < -0.4 is 15.5 Å². The second kappa shape index (κ2) is 9.68. The number of carbonyl (C=O) groups is 1. The van der Waals surface area contributed by atoms with E-state index in [0.717, 1.165) is 37.0 Å². The second-order valence-electron chi connectivity index (χ2n) is 7.92. The number of hydrogen-bond acceptors (Lipinski definition) is 8. The maximum absolute atomic E-state index is 12.4. The van der Waals surface area contributed by atoms with Gasteiger partial charge in [-0.25, -0.2) is 0 Å². The third-order valence-electron chi connectivity index (χ3n) is 5.78. The van der Waals surface area contributed by atoms with E-state index >= 15 is 0 Å². The van der Waals surface area contributed by atoms with Crippen molar-refractivity contribution in [3.63, 3.8) is 0 Å². The van der Waals surface area contributed by atoms with Crippen molar-refractivity contribution < 1.29 is 4.79 Å². The lowest BCUT2D eigenvalue weighted by atomic mass is 10.1. The van der Waals surface area contributed by atoms with Gasteiger partial charge in [-0.2, -0.15) is 4.68 Å². The molecule has 2 N–H and O–H groups in total. The number of nitrogens with one attached hydrogen (secondary N) is 2. The fourth-order valence-corrected chi connectivity index (χ4v) is 5.04. The highest BCUT2D eigenvalue weighted by Crippen LogP contribution is 2.21. The summed E-state index contributed by atoms with van der Waals surface area (Å²) < 4.78 is 1.73. The van der Waals surface area contributed by atoms with Crippen LogP contribution in [0.2, 0.25) is 0 Å². The van der Waals surface area contributed by atoms with Gasteiger partial charge in [0.1, 0.15) is 6.29 Å². The van der Waals surface area contributed by atoms with Crippen molar-refractivity contribution in [2.75, 3.05) is 36.8 Å². The van der Waals surface area contributed by atoms with Crippen LogP contribution in [0.15, 0.2) is 65.8 Å². The number of rotatable bonds is 6. The zero-order valence-electron chi connectivity index (χ0n) is 17.7. The largest absolute Gasteiger partial charge is 0.369 e. The summed E-state index contributed by atoms with van der Waals surface area (Å²) in [6, 6.07) is 20.3. The van der Waals surface area contributed by atoms with Crippen molar-refractivity contribution >= 4 is 23.4 Å². The molecule has 2 fully saturated rings. The highest BCUT2D eigenvalue weighted by atomic mass is 32.2. The molecule has 3 heterocycles. The Morgan fingerprint density at radius 1 is 0.938 bits per heavy atom. The smallest absolute Gasteiger partial charge is 0.223 e. The van der Waals surface area contributed by atoms with E-state index in [2.05, 4.69) is 60.2 Å². The minimum Gasteiger partial charge on any atom is -0.369 e. The fraction of sp³-hybridized carbons (Fsp3) is 0.364. The summed E-state index contributed by atoms with van der Waals surface area (Å²) in [6.07, 6.45) is 0.297. The molecule has 0 radical (unpaired) electrons. The molecule has 2 aromatic carbocycles. The standard InChI is InChI=1S/C22H26N8OS/c31-20-15-17(16-32-22-25-26-27-30(22)19-9-5-2-6-10-19)23-21(24-20)29-13-11-28(12-14-29)18-7-3-1-4-8-18/h1-10,17,21,23H,11-16H2,(H,24,31). The molecule has 0 bridgehead atoms. The van der Waals surface area contributed by atoms with E-state index in [-0.39, 0.29) is 18.2 Å². The van der Waals surface area contributed by atoms with Crippen molar-refractivity contribution in [3.05, 3.63) is 60.7 Å². The summed E-state index contributed by atoms with van der Waals surface area (Å²) in [5, 5.41) is 19.5. The van der Waals surface area contributed by atoms with Gasteiger partial charge in [-0.1, -0.05) is 48.2 Å². The quantitative estimate of drug-likeness (QED) is 0.544. The summed E-state index contributed by atoms with van der Waals surface area (Å²) in [5.41, 5.74) is 2.17. The Morgan fingerprint density at radius 2 is 1.62 bits per heavy atom. The van der Waals surface area contributed by atoms with Crippen molar-refractivity contribution in [3.8, 4) is 5.69 Å². The first-order chi connectivity index (χ1) is 15.8. The summed E-state index contributed by atoms with van der Waals surface area (Å²) in [5.74, 6) is 0.786. The van der Waals surface area contributed by atoms with Gasteiger partial charge in [-0.05, 0) is 34.7 Å². The van der Waals surface area contributed by atoms with Crippen LogP contribution in [0.4, 0.5) is 5.69 Å². The predicted octanol–water partition coefficient (Wildman–Crippen LogP) is 1.34. The third-order valence-corrected chi connectivity index (χ3v) is 6.86. The molecule has 1 aromatic heterocycles. The first-order valence-electron chi connectivity index (χ1n) is 10.8. The van der Waals surface area contributed by atoms with Crippen LogP contribution in [0, 0.1) is 0 Å². The van der Waals surface area contributed by atoms with Gasteiger partial charge < -0.3 is 10.2 Å². The molecular weight excluding hydrogens is 424 g/mol. The lowest BCUT2D eigenvalue weighted by Crippen LogP contribution is -2.67. The Balaban J connectivity index is 1.17. The van der Waals surface area contributed by atoms with E-state index in [0.29, 0.717) is 12.2 Å². The number of tetrazole rings is 1. The number of para-hydroxylation sites is 2. The van der Waals surface area contributed by atoms with Crippen molar-refractivity contribution in [1.82, 2.24) is 35.7 Å². The predicted molar refractivity (Wildman–Crippen MR) is 124 cm³/mol. The third kappa shape index (κ3) is 4.77. The molecular formula is C22H26N8OS. The zero-order chi connectivity index (χ0) is 21.8. The number of anilines is 1. The number of piperazine rings is 1. The fourth-order valence-electron chi connectivity index (χ4n) is 4.12. The van der Waals surface area contributed by atoms with Gasteiger partial charge in [0.05, 0.1) is 5.69 Å². The van der Waals surface area contributed by atoms with Crippen LogP contribution in [0.25, 0.3) is 5.69 Å². The second-order valence-corrected chi connectivity index (χ2v) is 8.90. The molecule has 32 heavy (non-hydrogen) atoms. The minimum atomic E-state index is -0.148. The summed E-state index contributed by atoms with van der Waals surface area (Å²) in [7, 11) is 0. The topological polar surface area (TPSA) is 91.2 Å². The maximum Gasteiger partial charge on any atom is 0.223 e. The molecule has 5 rings (SSSR count). The molecule has 0 aliphatic carbocycles. The summed E-state index contributed by atoms with van der Waals surface area (Å²) in [6.45, 7) is 3.64. The molecule has 9 nitrogen and oxygen atoms in total. The van der Waals surface area contributed by atoms with Crippen LogP contribution in [-0.4, -0.2) is 75.3 Å². The van der Waals surface area contributed by atoms with E-state index in [1.165, 1.54) is 5.69 Å². The number of benzene rings is 2. The monoisotopic (exact) mass is 450 g/mol. The zero-order valence-corrected chi connectivity index (χ0v) is 18.5. The Hall–Kier alpha value is -2.95. The van der Waals surface area contributed by atoms with Gasteiger partial charge in [0.25, 0.3) is 0 Å². The Kier molecular flexibility index (Phi) is 6.33. The average molecular weight is 451 g/mol. The molecule has 2 atom stereocenters. The lowest BCUT2D eigenvalue weighted by Gasteiger charge is -2.43. The number of hydrogen-bond donors (Lipinski definition) is 2. The molecule has 2 unspecified atom stereocenters. The normalized spacial score (nSPS) is 22.0. The van der Waals surface area contributed by atoms with E-state index in [4.69, 9.17) is 0 Å². The number of carbonyl (C=O) groups excluding carboxylic acids is 1. The van der Waals surface area contributed by atoms with Gasteiger partial charge in [0.15, 0.2) is 0 Å². The number of thioether (sulfide) groups is 1. The van der Waals surface area contributed by atoms with Gasteiger partial charge in [0.2, 0.25) is 11.1 Å². The van der Waals surface area contributed by atoms with E-state index in [9.17, 15) is 4.79 Å². The number of aromatic nitrogens is 4. The molecule has 10 heteroatoms. The molecule has 3 aromatic rings. The van der Waals surface area contributed by atoms with Crippen LogP contribution in [0.3, 0.4) is 0 Å². The van der Waals surface area contributed by atoms with Crippen molar-refractivity contribution in [2.24, 2.45) is 0 Å². The summed E-state index contributed by atoms with van der Waals surface area (Å²) >= 11 is 1.56. The van der Waals surface area contributed by atoms with E-state index in [1.807, 2.05) is 36.4 Å². The molecule has 166 valence electrons. The van der Waals surface area contributed by atoms with E-state index in [1.54, 1.807) is 16.4 Å². The number of amides is 1. The number of nitrogens with zero attached hydrogens (tertiary/aromatic N) is 6. The Bertz CT molecular complexity index is 1020. The SMILES string of the molecule is O=C1CC(CSc2nnnn2-c2ccccc2)NC(N2CCN(c3ccccc3)CC2)N1. The average Bonchev–Trinajstić information content (AvgIpc) is 3.32. The highest BCUT2D eigenvalue weighted by molar-refractivity contribution is 7.99. The van der Waals surface area contributed by atoms with Crippen LogP contribution in [-0.2, 0) is 4.79 Å². The lowest BCUT2D eigenvalue weighted by molar-refractivity contribution is -0.126. The van der Waals surface area contributed by atoms with Crippen molar-refractivity contribution in [2.45, 2.75) is 23.9 Å². The van der Waals surface area contributed by atoms with Gasteiger partial charge in [0, 0.05) is 50.1 Å². The van der Waals surface area contributed by atoms with Gasteiger partial charge >= 0.3 is 0 Å². The van der Waals surface area contributed by atoms with Gasteiger partial charge in [-0.3, -0.25) is 15.0 Å². The first kappa shape index (κ1) is 20.9. The van der Waals surface area contributed by atoms with E-state index < -0.39 is 0 Å². The molecule has 2 saturated heterocycles. The molecule has 0 saturated carbocycles. The van der Waals surface area contributed by atoms with Crippen LogP contribution in [0.5, 0.6) is 0 Å². The molecule has 0 spiro atoms. The molecule has 2 aliphatic rings. The van der Waals surface area contributed by atoms with Crippen molar-refractivity contribution in [1.29, 1.82) is 0 Å². The minimum absolute atomic E-state index is 0.0480. The first-order valence-corrected chi connectivity index (χ1v) is 11.8. The van der Waals surface area contributed by atoms with Crippen LogP contribution >= 0.6 is 11.8 Å². The maximum atomic E-state index is 12.4. The molecule has 1 amide bonds. The van der Waals surface area contributed by atoms with Gasteiger partial charge in [-0.15, -0.1) is 5.10 Å². The Labute approximate surface area is 191 Å². The Morgan fingerprint density at radius 3 is 2.34 bits per heavy atom. The molecule has 2 aliphatic heterocycles. The van der Waals surface area contributed by atoms with Crippen LogP contribution in [0.1, 0.15) is 6.42 Å². The highest BCUT2D eigenvalue weighted by Gasteiger charge is 2.32. The summed E-state index contributed by atoms with van der Waals surface area (Å²) in [4.78, 5) is 17.1.